The SMILES string of the molecule is Cc1cnc(Nc2ccc(C(N)=O)c(C3CCC3)c2)nc1Nc1ccc2oc(=O)[nH]c2c1. The van der Waals surface area contributed by atoms with E-state index in [1.54, 1.807) is 30.5 Å². The van der Waals surface area contributed by atoms with Crippen molar-refractivity contribution in [3.8, 4) is 0 Å². The lowest BCUT2D eigenvalue weighted by Crippen LogP contribution is -2.18. The van der Waals surface area contributed by atoms with Crippen LogP contribution in [0.2, 0.25) is 0 Å². The first-order valence-electron chi connectivity index (χ1n) is 10.4. The van der Waals surface area contributed by atoms with Gasteiger partial charge in [0.1, 0.15) is 5.82 Å². The Morgan fingerprint density at radius 1 is 1.16 bits per heavy atom. The topological polar surface area (TPSA) is 139 Å². The van der Waals surface area contributed by atoms with Crippen molar-refractivity contribution in [2.75, 3.05) is 10.6 Å². The van der Waals surface area contributed by atoms with Gasteiger partial charge in [-0.1, -0.05) is 6.42 Å². The summed E-state index contributed by atoms with van der Waals surface area (Å²) < 4.78 is 5.04. The maximum Gasteiger partial charge on any atom is 0.417 e. The number of primary amides is 1. The number of nitrogens with two attached hydrogens (primary N) is 1. The van der Waals surface area contributed by atoms with E-state index in [0.717, 1.165) is 41.8 Å². The number of H-pyrrole nitrogens is 1. The van der Waals surface area contributed by atoms with Gasteiger partial charge in [0.25, 0.3) is 0 Å². The number of nitrogens with zero attached hydrogens (tertiary/aromatic N) is 2. The van der Waals surface area contributed by atoms with Crippen LogP contribution in [-0.4, -0.2) is 20.9 Å². The number of benzene rings is 2. The van der Waals surface area contributed by atoms with Crippen molar-refractivity contribution < 1.29 is 9.21 Å². The highest BCUT2D eigenvalue weighted by molar-refractivity contribution is 5.95. The van der Waals surface area contributed by atoms with Gasteiger partial charge in [0.05, 0.1) is 5.52 Å². The van der Waals surface area contributed by atoms with E-state index in [4.69, 9.17) is 10.2 Å². The lowest BCUT2D eigenvalue weighted by Gasteiger charge is -2.27. The molecular formula is C23H22N6O3. The Kier molecular flexibility index (Phi) is 4.85. The molecule has 0 saturated heterocycles. The number of amides is 1. The Balaban J connectivity index is 1.41. The lowest BCUT2D eigenvalue weighted by atomic mass is 9.78. The van der Waals surface area contributed by atoms with E-state index in [2.05, 4.69) is 25.6 Å². The second-order valence-corrected chi connectivity index (χ2v) is 7.99. The highest BCUT2D eigenvalue weighted by atomic mass is 16.4. The Morgan fingerprint density at radius 2 is 1.94 bits per heavy atom. The molecule has 2 aromatic heterocycles. The van der Waals surface area contributed by atoms with Gasteiger partial charge in [-0.05, 0) is 67.6 Å². The summed E-state index contributed by atoms with van der Waals surface area (Å²) >= 11 is 0. The standard InChI is InChI=1S/C23H22N6O3/c1-12-11-25-22(27-14-5-7-16(20(24)30)17(9-14)13-3-2-4-13)29-21(12)26-15-6-8-19-18(10-15)28-23(31)32-19/h5-11,13H,2-4H2,1H3,(H2,24,30)(H,28,31)(H2,25,26,27,29). The molecule has 0 atom stereocenters. The minimum atomic E-state index is -0.495. The van der Waals surface area contributed by atoms with Crippen LogP contribution in [0.25, 0.3) is 11.1 Å². The number of oxazole rings is 1. The molecule has 9 heteroatoms. The van der Waals surface area contributed by atoms with Gasteiger partial charge in [-0.25, -0.2) is 9.78 Å². The molecule has 32 heavy (non-hydrogen) atoms. The number of fused-ring (bicyclic) bond motifs is 1. The molecule has 2 heterocycles. The fourth-order valence-corrected chi connectivity index (χ4v) is 3.85. The van der Waals surface area contributed by atoms with Gasteiger partial charge in [-0.2, -0.15) is 4.98 Å². The zero-order chi connectivity index (χ0) is 22.2. The molecule has 1 amide bonds. The number of aromatic amines is 1. The Morgan fingerprint density at radius 3 is 2.69 bits per heavy atom. The van der Waals surface area contributed by atoms with Crippen LogP contribution in [0.1, 0.15) is 46.7 Å². The second kappa shape index (κ2) is 7.84. The fraction of sp³-hybridized carbons (Fsp3) is 0.217. The minimum Gasteiger partial charge on any atom is -0.408 e. The molecule has 1 fully saturated rings. The Hall–Kier alpha value is -4.14. The maximum absolute atomic E-state index is 11.8. The third-order valence-corrected chi connectivity index (χ3v) is 5.77. The predicted molar refractivity (Wildman–Crippen MR) is 122 cm³/mol. The first-order chi connectivity index (χ1) is 15.5. The van der Waals surface area contributed by atoms with Crippen molar-refractivity contribution in [1.29, 1.82) is 0 Å². The molecule has 1 aliphatic rings. The van der Waals surface area contributed by atoms with Gasteiger partial charge in [-0.3, -0.25) is 9.78 Å². The van der Waals surface area contributed by atoms with E-state index in [9.17, 15) is 9.59 Å². The number of nitrogens with one attached hydrogen (secondary N) is 3. The highest BCUT2D eigenvalue weighted by Gasteiger charge is 2.24. The van der Waals surface area contributed by atoms with Crippen LogP contribution in [0.3, 0.4) is 0 Å². The number of hydrogen-bond acceptors (Lipinski definition) is 7. The molecule has 0 spiro atoms. The lowest BCUT2D eigenvalue weighted by molar-refractivity contribution is 0.0998. The molecular weight excluding hydrogens is 408 g/mol. The molecule has 4 aromatic rings. The third-order valence-electron chi connectivity index (χ3n) is 5.77. The van der Waals surface area contributed by atoms with E-state index in [1.807, 2.05) is 19.1 Å². The summed E-state index contributed by atoms with van der Waals surface area (Å²) in [6.07, 6.45) is 5.01. The number of carbonyl (C=O) groups excluding carboxylic acids is 1. The first-order valence-corrected chi connectivity index (χ1v) is 10.4. The van der Waals surface area contributed by atoms with Crippen LogP contribution >= 0.6 is 0 Å². The molecule has 5 rings (SSSR count). The van der Waals surface area contributed by atoms with Crippen LogP contribution in [-0.2, 0) is 0 Å². The van der Waals surface area contributed by atoms with Gasteiger partial charge in [0.15, 0.2) is 5.58 Å². The summed E-state index contributed by atoms with van der Waals surface area (Å²) in [7, 11) is 0. The average molecular weight is 430 g/mol. The van der Waals surface area contributed by atoms with Gasteiger partial charge < -0.3 is 20.8 Å². The van der Waals surface area contributed by atoms with Crippen molar-refractivity contribution in [2.24, 2.45) is 5.73 Å². The molecule has 0 radical (unpaired) electrons. The van der Waals surface area contributed by atoms with Crippen LogP contribution < -0.4 is 22.1 Å². The summed E-state index contributed by atoms with van der Waals surface area (Å²) in [6, 6.07) is 10.8. The van der Waals surface area contributed by atoms with E-state index >= 15 is 0 Å². The predicted octanol–water partition coefficient (Wildman–Crippen LogP) is 4.07. The Bertz CT molecular complexity index is 1390. The van der Waals surface area contributed by atoms with Gasteiger partial charge in [0, 0.05) is 28.7 Å². The van der Waals surface area contributed by atoms with Crippen LogP contribution in [0.5, 0.6) is 0 Å². The monoisotopic (exact) mass is 430 g/mol. The number of rotatable bonds is 6. The van der Waals surface area contributed by atoms with E-state index < -0.39 is 11.7 Å². The van der Waals surface area contributed by atoms with Crippen LogP contribution in [0.4, 0.5) is 23.1 Å². The minimum absolute atomic E-state index is 0.361. The average Bonchev–Trinajstić information content (AvgIpc) is 3.08. The van der Waals surface area contributed by atoms with E-state index in [0.29, 0.717) is 34.3 Å². The van der Waals surface area contributed by atoms with Crippen molar-refractivity contribution in [3.63, 3.8) is 0 Å². The molecule has 0 unspecified atom stereocenters. The molecule has 2 aromatic carbocycles. The summed E-state index contributed by atoms with van der Waals surface area (Å²) in [5, 5.41) is 6.48. The first kappa shape index (κ1) is 19.8. The van der Waals surface area contributed by atoms with Crippen molar-refractivity contribution in [3.05, 3.63) is 69.8 Å². The van der Waals surface area contributed by atoms with Gasteiger partial charge in [0.2, 0.25) is 11.9 Å². The summed E-state index contributed by atoms with van der Waals surface area (Å²) in [4.78, 5) is 34.8. The van der Waals surface area contributed by atoms with Gasteiger partial charge in [-0.15, -0.1) is 0 Å². The van der Waals surface area contributed by atoms with Crippen molar-refractivity contribution in [2.45, 2.75) is 32.1 Å². The number of aryl methyl sites for hydroxylation is 1. The smallest absolute Gasteiger partial charge is 0.408 e. The highest BCUT2D eigenvalue weighted by Crippen LogP contribution is 2.39. The van der Waals surface area contributed by atoms with Gasteiger partial charge >= 0.3 is 5.76 Å². The zero-order valence-corrected chi connectivity index (χ0v) is 17.4. The molecule has 1 aliphatic carbocycles. The summed E-state index contributed by atoms with van der Waals surface area (Å²) in [5.74, 6) is 0.501. The molecule has 1 saturated carbocycles. The molecule has 0 bridgehead atoms. The maximum atomic E-state index is 11.8. The number of carbonyl (C=O) groups is 1. The number of aromatic nitrogens is 3. The molecule has 5 N–H and O–H groups in total. The second-order valence-electron chi connectivity index (χ2n) is 7.99. The van der Waals surface area contributed by atoms with Crippen molar-refractivity contribution in [1.82, 2.24) is 15.0 Å². The fourth-order valence-electron chi connectivity index (χ4n) is 3.85. The largest absolute Gasteiger partial charge is 0.417 e. The third kappa shape index (κ3) is 3.80. The normalized spacial score (nSPS) is 13.7. The zero-order valence-electron chi connectivity index (χ0n) is 17.4. The van der Waals surface area contributed by atoms with E-state index in [-0.39, 0.29) is 0 Å². The Labute approximate surface area is 183 Å². The molecule has 0 aliphatic heterocycles. The molecule has 162 valence electrons. The molecule has 9 nitrogen and oxygen atoms in total. The van der Waals surface area contributed by atoms with Crippen LogP contribution in [0, 0.1) is 6.92 Å². The number of hydrogen-bond donors (Lipinski definition) is 4. The summed E-state index contributed by atoms with van der Waals surface area (Å²) in [6.45, 7) is 1.90. The van der Waals surface area contributed by atoms with E-state index in [1.165, 1.54) is 0 Å². The van der Waals surface area contributed by atoms with Crippen LogP contribution in [0.15, 0.2) is 51.8 Å². The summed E-state index contributed by atoms with van der Waals surface area (Å²) in [5.41, 5.74) is 10.6. The van der Waals surface area contributed by atoms with Crippen molar-refractivity contribution >= 4 is 40.1 Å². The number of anilines is 4. The quantitative estimate of drug-likeness (QED) is 0.361.